The van der Waals surface area contributed by atoms with Gasteiger partial charge in [-0.05, 0) is 30.7 Å². The molecule has 2 heterocycles. The number of nitrogens with one attached hydrogen (secondary N) is 1. The molecular formula is C13H20N2O2S. The van der Waals surface area contributed by atoms with E-state index in [2.05, 4.69) is 21.7 Å². The molecule has 0 radical (unpaired) electrons. The Hall–Kier alpha value is -0.910. The van der Waals surface area contributed by atoms with Crippen LogP contribution >= 0.6 is 11.3 Å². The number of hydrogen-bond acceptors (Lipinski definition) is 4. The minimum absolute atomic E-state index is 0.0861. The Labute approximate surface area is 112 Å². The van der Waals surface area contributed by atoms with Crippen molar-refractivity contribution >= 4 is 17.2 Å². The molecule has 4 nitrogen and oxygen atoms in total. The molecule has 0 unspecified atom stereocenters. The van der Waals surface area contributed by atoms with Gasteiger partial charge in [0.1, 0.15) is 0 Å². The number of aliphatic hydroxyl groups is 1. The number of amides is 1. The number of likely N-dealkylation sites (tertiary alicyclic amines) is 1. The Kier molecular flexibility index (Phi) is 5.16. The molecule has 100 valence electrons. The van der Waals surface area contributed by atoms with Crippen molar-refractivity contribution in [1.82, 2.24) is 10.2 Å². The van der Waals surface area contributed by atoms with Crippen LogP contribution in [0.15, 0.2) is 17.5 Å². The number of hydrogen-bond donors (Lipinski definition) is 2. The van der Waals surface area contributed by atoms with Gasteiger partial charge in [0.2, 0.25) is 5.91 Å². The molecule has 1 fully saturated rings. The molecule has 1 aliphatic rings. The molecule has 0 atom stereocenters. The molecule has 1 saturated heterocycles. The van der Waals surface area contributed by atoms with E-state index < -0.39 is 0 Å². The number of carbonyl (C=O) groups excluding carboxylic acids is 1. The summed E-state index contributed by atoms with van der Waals surface area (Å²) in [4.78, 5) is 15.1. The zero-order valence-electron chi connectivity index (χ0n) is 10.5. The maximum Gasteiger partial charge on any atom is 0.234 e. The van der Waals surface area contributed by atoms with Crippen molar-refractivity contribution in [2.24, 2.45) is 0 Å². The van der Waals surface area contributed by atoms with Crippen LogP contribution < -0.4 is 5.32 Å². The van der Waals surface area contributed by atoms with Crippen molar-refractivity contribution in [1.29, 1.82) is 0 Å². The molecule has 1 aliphatic heterocycles. The third-order valence-electron chi connectivity index (χ3n) is 3.20. The van der Waals surface area contributed by atoms with Gasteiger partial charge in [0.25, 0.3) is 0 Å². The second-order valence-corrected chi connectivity index (χ2v) is 5.72. The molecule has 5 heteroatoms. The first kappa shape index (κ1) is 13.5. The highest BCUT2D eigenvalue weighted by Gasteiger charge is 2.18. The molecule has 0 aliphatic carbocycles. The Morgan fingerprint density at radius 3 is 2.94 bits per heavy atom. The van der Waals surface area contributed by atoms with Gasteiger partial charge in [0.15, 0.2) is 0 Å². The van der Waals surface area contributed by atoms with Crippen molar-refractivity contribution in [3.8, 4) is 0 Å². The first-order valence-corrected chi connectivity index (χ1v) is 7.31. The Bertz CT molecular complexity index is 359. The van der Waals surface area contributed by atoms with Gasteiger partial charge in [-0.25, -0.2) is 0 Å². The van der Waals surface area contributed by atoms with Crippen LogP contribution in [0.5, 0.6) is 0 Å². The molecule has 1 amide bonds. The number of thiophene rings is 1. The van der Waals surface area contributed by atoms with Crippen molar-refractivity contribution in [2.75, 3.05) is 26.2 Å². The highest BCUT2D eigenvalue weighted by atomic mass is 32.1. The summed E-state index contributed by atoms with van der Waals surface area (Å²) in [5, 5.41) is 14.4. The van der Waals surface area contributed by atoms with E-state index in [1.54, 1.807) is 11.3 Å². The average Bonchev–Trinajstić information content (AvgIpc) is 2.85. The third-order valence-corrected chi connectivity index (χ3v) is 4.13. The summed E-state index contributed by atoms with van der Waals surface area (Å²) in [6, 6.07) is 4.11. The molecule has 1 aromatic rings. The largest absolute Gasteiger partial charge is 0.393 e. The normalized spacial score (nSPS) is 17.8. The van der Waals surface area contributed by atoms with Gasteiger partial charge in [0.05, 0.1) is 12.6 Å². The zero-order chi connectivity index (χ0) is 12.8. The number of piperidine rings is 1. The fraction of sp³-hybridized carbons (Fsp3) is 0.615. The van der Waals surface area contributed by atoms with Gasteiger partial charge in [-0.1, -0.05) is 6.07 Å². The van der Waals surface area contributed by atoms with Gasteiger partial charge in [0, 0.05) is 24.5 Å². The maximum absolute atomic E-state index is 11.7. The summed E-state index contributed by atoms with van der Waals surface area (Å²) in [7, 11) is 0. The Morgan fingerprint density at radius 2 is 2.28 bits per heavy atom. The Balaban J connectivity index is 1.60. The van der Waals surface area contributed by atoms with Crippen LogP contribution in [-0.4, -0.2) is 48.2 Å². The molecule has 0 aromatic carbocycles. The summed E-state index contributed by atoms with van der Waals surface area (Å²) in [6.07, 6.45) is 2.29. The summed E-state index contributed by atoms with van der Waals surface area (Å²) < 4.78 is 0. The minimum Gasteiger partial charge on any atom is -0.393 e. The fourth-order valence-corrected chi connectivity index (χ4v) is 2.83. The van der Waals surface area contributed by atoms with Crippen LogP contribution in [0.4, 0.5) is 0 Å². The van der Waals surface area contributed by atoms with Crippen molar-refractivity contribution in [3.05, 3.63) is 22.4 Å². The lowest BCUT2D eigenvalue weighted by molar-refractivity contribution is -0.122. The second-order valence-electron chi connectivity index (χ2n) is 4.69. The monoisotopic (exact) mass is 268 g/mol. The van der Waals surface area contributed by atoms with E-state index in [1.165, 1.54) is 4.88 Å². The van der Waals surface area contributed by atoms with Crippen LogP contribution in [0, 0.1) is 0 Å². The summed E-state index contributed by atoms with van der Waals surface area (Å²) in [6.45, 7) is 2.80. The summed E-state index contributed by atoms with van der Waals surface area (Å²) in [5.74, 6) is 0.0861. The molecule has 2 N–H and O–H groups in total. The summed E-state index contributed by atoms with van der Waals surface area (Å²) in [5.41, 5.74) is 0. The van der Waals surface area contributed by atoms with Crippen LogP contribution in [0.3, 0.4) is 0 Å². The van der Waals surface area contributed by atoms with E-state index in [0.717, 1.165) is 32.4 Å². The number of nitrogens with zero attached hydrogens (tertiary/aromatic N) is 1. The number of aliphatic hydroxyl groups excluding tert-OH is 1. The van der Waals surface area contributed by atoms with Crippen molar-refractivity contribution < 1.29 is 9.90 Å². The predicted molar refractivity (Wildman–Crippen MR) is 72.7 cm³/mol. The number of carbonyl (C=O) groups is 1. The van der Waals surface area contributed by atoms with Gasteiger partial charge in [-0.15, -0.1) is 11.3 Å². The number of rotatable bonds is 5. The third kappa shape index (κ3) is 4.40. The van der Waals surface area contributed by atoms with Crippen LogP contribution in [0.2, 0.25) is 0 Å². The quantitative estimate of drug-likeness (QED) is 0.833. The van der Waals surface area contributed by atoms with E-state index >= 15 is 0 Å². The van der Waals surface area contributed by atoms with E-state index in [0.29, 0.717) is 13.1 Å². The lowest BCUT2D eigenvalue weighted by Crippen LogP contribution is -2.42. The predicted octanol–water partition coefficient (Wildman–Crippen LogP) is 0.864. The minimum atomic E-state index is -0.178. The standard InChI is InChI=1S/C13H20N2O2S/c16-11-4-7-15(8-5-11)10-13(17)14-6-3-12-2-1-9-18-12/h1-2,9,11,16H,3-8,10H2,(H,14,17). The molecule has 18 heavy (non-hydrogen) atoms. The fourth-order valence-electron chi connectivity index (χ4n) is 2.12. The molecular weight excluding hydrogens is 248 g/mol. The first-order chi connectivity index (χ1) is 8.74. The summed E-state index contributed by atoms with van der Waals surface area (Å²) >= 11 is 1.72. The first-order valence-electron chi connectivity index (χ1n) is 6.43. The molecule has 0 spiro atoms. The SMILES string of the molecule is O=C(CN1CCC(O)CC1)NCCc1cccs1. The maximum atomic E-state index is 11.7. The van der Waals surface area contributed by atoms with Gasteiger partial charge in [-0.3, -0.25) is 9.69 Å². The zero-order valence-corrected chi connectivity index (χ0v) is 11.3. The van der Waals surface area contributed by atoms with E-state index in [4.69, 9.17) is 0 Å². The smallest absolute Gasteiger partial charge is 0.234 e. The van der Waals surface area contributed by atoms with Gasteiger partial charge in [-0.2, -0.15) is 0 Å². The highest BCUT2D eigenvalue weighted by Crippen LogP contribution is 2.09. The van der Waals surface area contributed by atoms with Crippen LogP contribution in [0.1, 0.15) is 17.7 Å². The lowest BCUT2D eigenvalue weighted by Gasteiger charge is -2.28. The lowest BCUT2D eigenvalue weighted by atomic mass is 10.1. The van der Waals surface area contributed by atoms with Crippen LogP contribution in [-0.2, 0) is 11.2 Å². The molecule has 2 rings (SSSR count). The molecule has 0 saturated carbocycles. The molecule has 1 aromatic heterocycles. The molecule has 0 bridgehead atoms. The van der Waals surface area contributed by atoms with E-state index in [9.17, 15) is 9.90 Å². The van der Waals surface area contributed by atoms with Gasteiger partial charge >= 0.3 is 0 Å². The van der Waals surface area contributed by atoms with Gasteiger partial charge < -0.3 is 10.4 Å². The van der Waals surface area contributed by atoms with Crippen molar-refractivity contribution in [2.45, 2.75) is 25.4 Å². The topological polar surface area (TPSA) is 52.6 Å². The average molecular weight is 268 g/mol. The van der Waals surface area contributed by atoms with Crippen molar-refractivity contribution in [3.63, 3.8) is 0 Å². The highest BCUT2D eigenvalue weighted by molar-refractivity contribution is 7.09. The van der Waals surface area contributed by atoms with Crippen LogP contribution in [0.25, 0.3) is 0 Å². The van der Waals surface area contributed by atoms with E-state index in [-0.39, 0.29) is 12.0 Å². The Morgan fingerprint density at radius 1 is 1.50 bits per heavy atom. The van der Waals surface area contributed by atoms with E-state index in [1.807, 2.05) is 6.07 Å². The second kappa shape index (κ2) is 6.87.